The zero-order chi connectivity index (χ0) is 16.4. The number of benzene rings is 2. The lowest BCUT2D eigenvalue weighted by atomic mass is 10.1. The van der Waals surface area contributed by atoms with Crippen molar-refractivity contribution in [3.05, 3.63) is 81.9 Å². The molecule has 1 amide bonds. The molecule has 0 aliphatic heterocycles. The Morgan fingerprint density at radius 2 is 1.83 bits per heavy atom. The van der Waals surface area contributed by atoms with Crippen LogP contribution in [-0.4, -0.2) is 22.8 Å². The van der Waals surface area contributed by atoms with Crippen molar-refractivity contribution >= 4 is 16.8 Å². The lowest BCUT2D eigenvalue weighted by Crippen LogP contribution is -2.27. The van der Waals surface area contributed by atoms with Crippen molar-refractivity contribution in [1.29, 1.82) is 0 Å². The molecule has 0 spiro atoms. The van der Waals surface area contributed by atoms with Crippen LogP contribution in [0.15, 0.2) is 59.4 Å². The first-order valence-corrected chi connectivity index (χ1v) is 7.16. The SMILES string of the molecule is CN(Cc1cc(=O)[nH]c2ccccc12)C(=O)c1ccc(F)cc1. The second-order valence-corrected chi connectivity index (χ2v) is 5.37. The number of hydrogen-bond acceptors (Lipinski definition) is 2. The fourth-order valence-corrected chi connectivity index (χ4v) is 2.55. The van der Waals surface area contributed by atoms with Crippen molar-refractivity contribution in [3.8, 4) is 0 Å². The highest BCUT2D eigenvalue weighted by Gasteiger charge is 2.14. The van der Waals surface area contributed by atoms with E-state index in [-0.39, 0.29) is 17.3 Å². The van der Waals surface area contributed by atoms with Crippen LogP contribution in [0.4, 0.5) is 4.39 Å². The minimum Gasteiger partial charge on any atom is -0.337 e. The van der Waals surface area contributed by atoms with E-state index in [1.807, 2.05) is 24.3 Å². The zero-order valence-corrected chi connectivity index (χ0v) is 12.5. The minimum atomic E-state index is -0.384. The van der Waals surface area contributed by atoms with Crippen LogP contribution in [0, 0.1) is 5.82 Å². The number of para-hydroxylation sites is 1. The summed E-state index contributed by atoms with van der Waals surface area (Å²) in [6.45, 7) is 0.292. The van der Waals surface area contributed by atoms with Gasteiger partial charge in [-0.05, 0) is 35.9 Å². The standard InChI is InChI=1S/C18H15FN2O2/c1-21(18(23)12-6-8-14(19)9-7-12)11-13-10-17(22)20-16-5-3-2-4-15(13)16/h2-10H,11H2,1H3,(H,20,22). The molecule has 0 bridgehead atoms. The van der Waals surface area contributed by atoms with E-state index in [0.29, 0.717) is 12.1 Å². The van der Waals surface area contributed by atoms with Gasteiger partial charge in [-0.25, -0.2) is 4.39 Å². The van der Waals surface area contributed by atoms with Gasteiger partial charge in [-0.15, -0.1) is 0 Å². The summed E-state index contributed by atoms with van der Waals surface area (Å²) in [7, 11) is 1.65. The summed E-state index contributed by atoms with van der Waals surface area (Å²) in [4.78, 5) is 28.4. The molecule has 5 heteroatoms. The predicted molar refractivity (Wildman–Crippen MR) is 86.8 cm³/mol. The van der Waals surface area contributed by atoms with E-state index >= 15 is 0 Å². The van der Waals surface area contributed by atoms with E-state index in [1.165, 1.54) is 35.2 Å². The highest BCUT2D eigenvalue weighted by Crippen LogP contribution is 2.17. The molecule has 0 saturated heterocycles. The number of aromatic nitrogens is 1. The van der Waals surface area contributed by atoms with Crippen LogP contribution < -0.4 is 5.56 Å². The van der Waals surface area contributed by atoms with Crippen LogP contribution in [-0.2, 0) is 6.54 Å². The minimum absolute atomic E-state index is 0.207. The van der Waals surface area contributed by atoms with E-state index in [4.69, 9.17) is 0 Å². The summed E-state index contributed by atoms with van der Waals surface area (Å²) >= 11 is 0. The predicted octanol–water partition coefficient (Wildman–Crippen LogP) is 2.94. The van der Waals surface area contributed by atoms with Crippen molar-refractivity contribution in [2.45, 2.75) is 6.54 Å². The molecule has 1 N–H and O–H groups in total. The molecule has 23 heavy (non-hydrogen) atoms. The summed E-state index contributed by atoms with van der Waals surface area (Å²) < 4.78 is 13.0. The van der Waals surface area contributed by atoms with Crippen LogP contribution in [0.5, 0.6) is 0 Å². The van der Waals surface area contributed by atoms with Crippen LogP contribution in [0.25, 0.3) is 10.9 Å². The van der Waals surface area contributed by atoms with E-state index in [9.17, 15) is 14.0 Å². The van der Waals surface area contributed by atoms with Crippen molar-refractivity contribution in [2.75, 3.05) is 7.05 Å². The molecule has 0 saturated carbocycles. The van der Waals surface area contributed by atoms with Crippen LogP contribution >= 0.6 is 0 Å². The van der Waals surface area contributed by atoms with Crippen molar-refractivity contribution < 1.29 is 9.18 Å². The summed E-state index contributed by atoms with van der Waals surface area (Å²) in [5.74, 6) is -0.612. The Morgan fingerprint density at radius 3 is 2.57 bits per heavy atom. The van der Waals surface area contributed by atoms with E-state index < -0.39 is 0 Å². The molecule has 0 fully saturated rings. The monoisotopic (exact) mass is 310 g/mol. The summed E-state index contributed by atoms with van der Waals surface area (Å²) in [6.07, 6.45) is 0. The van der Waals surface area contributed by atoms with E-state index in [2.05, 4.69) is 4.98 Å². The largest absolute Gasteiger partial charge is 0.337 e. The van der Waals surface area contributed by atoms with Gasteiger partial charge in [0.25, 0.3) is 5.91 Å². The molecule has 2 aromatic carbocycles. The average Bonchev–Trinajstić information content (AvgIpc) is 2.54. The smallest absolute Gasteiger partial charge is 0.253 e. The van der Waals surface area contributed by atoms with Gasteiger partial charge in [-0.2, -0.15) is 0 Å². The molecular weight excluding hydrogens is 295 g/mol. The Balaban J connectivity index is 1.91. The normalized spacial score (nSPS) is 10.7. The molecular formula is C18H15FN2O2. The average molecular weight is 310 g/mol. The van der Waals surface area contributed by atoms with E-state index in [0.717, 1.165) is 16.5 Å². The molecule has 1 heterocycles. The molecule has 1 aromatic heterocycles. The molecule has 116 valence electrons. The number of carbonyl (C=O) groups is 1. The third kappa shape index (κ3) is 3.13. The van der Waals surface area contributed by atoms with Gasteiger partial charge >= 0.3 is 0 Å². The van der Waals surface area contributed by atoms with Crippen molar-refractivity contribution in [2.24, 2.45) is 0 Å². The van der Waals surface area contributed by atoms with Gasteiger partial charge in [0.2, 0.25) is 5.56 Å². The Hall–Kier alpha value is -2.95. The Kier molecular flexibility index (Phi) is 3.93. The van der Waals surface area contributed by atoms with Gasteiger partial charge in [-0.3, -0.25) is 9.59 Å². The number of nitrogens with one attached hydrogen (secondary N) is 1. The summed E-state index contributed by atoms with van der Waals surface area (Å²) in [5, 5.41) is 0.894. The number of amides is 1. The molecule has 0 radical (unpaired) electrons. The van der Waals surface area contributed by atoms with Gasteiger partial charge in [0.05, 0.1) is 0 Å². The number of halogens is 1. The number of H-pyrrole nitrogens is 1. The number of carbonyl (C=O) groups excluding carboxylic acids is 1. The highest BCUT2D eigenvalue weighted by molar-refractivity contribution is 5.94. The first kappa shape index (κ1) is 15.0. The number of aromatic amines is 1. The zero-order valence-electron chi connectivity index (χ0n) is 12.5. The lowest BCUT2D eigenvalue weighted by molar-refractivity contribution is 0.0785. The first-order chi connectivity index (χ1) is 11.0. The Morgan fingerprint density at radius 1 is 1.13 bits per heavy atom. The molecule has 3 rings (SSSR count). The third-order valence-electron chi connectivity index (χ3n) is 3.68. The second-order valence-electron chi connectivity index (χ2n) is 5.37. The molecule has 0 atom stereocenters. The maximum Gasteiger partial charge on any atom is 0.253 e. The van der Waals surface area contributed by atoms with Crippen LogP contribution in [0.1, 0.15) is 15.9 Å². The van der Waals surface area contributed by atoms with Gasteiger partial charge in [0, 0.05) is 36.1 Å². The van der Waals surface area contributed by atoms with Crippen molar-refractivity contribution in [1.82, 2.24) is 9.88 Å². The Labute approximate surface area is 132 Å². The number of hydrogen-bond donors (Lipinski definition) is 1. The first-order valence-electron chi connectivity index (χ1n) is 7.16. The molecule has 0 aliphatic carbocycles. The maximum atomic E-state index is 13.0. The summed E-state index contributed by atoms with van der Waals surface area (Å²) in [6, 6.07) is 14.3. The van der Waals surface area contributed by atoms with Gasteiger partial charge in [0.1, 0.15) is 5.82 Å². The van der Waals surface area contributed by atoms with Gasteiger partial charge < -0.3 is 9.88 Å². The maximum absolute atomic E-state index is 13.0. The fourth-order valence-electron chi connectivity index (χ4n) is 2.55. The Bertz CT molecular complexity index is 916. The molecule has 0 unspecified atom stereocenters. The van der Waals surface area contributed by atoms with Crippen LogP contribution in [0.3, 0.4) is 0 Å². The fraction of sp³-hybridized carbons (Fsp3) is 0.111. The molecule has 0 aliphatic rings. The molecule has 3 aromatic rings. The number of fused-ring (bicyclic) bond motifs is 1. The molecule has 4 nitrogen and oxygen atoms in total. The van der Waals surface area contributed by atoms with Gasteiger partial charge in [-0.1, -0.05) is 18.2 Å². The number of nitrogens with zero attached hydrogens (tertiary/aromatic N) is 1. The number of pyridine rings is 1. The third-order valence-corrected chi connectivity index (χ3v) is 3.68. The van der Waals surface area contributed by atoms with Crippen LogP contribution in [0.2, 0.25) is 0 Å². The highest BCUT2D eigenvalue weighted by atomic mass is 19.1. The van der Waals surface area contributed by atoms with Crippen molar-refractivity contribution in [3.63, 3.8) is 0 Å². The van der Waals surface area contributed by atoms with Gasteiger partial charge in [0.15, 0.2) is 0 Å². The second kappa shape index (κ2) is 6.04. The quantitative estimate of drug-likeness (QED) is 0.808. The topological polar surface area (TPSA) is 53.2 Å². The number of rotatable bonds is 3. The van der Waals surface area contributed by atoms with E-state index in [1.54, 1.807) is 7.05 Å². The summed E-state index contributed by atoms with van der Waals surface area (Å²) in [5.41, 5.74) is 1.70. The lowest BCUT2D eigenvalue weighted by Gasteiger charge is -2.18.